The number of carbonyl (C=O) groups is 1. The molecule has 154 valence electrons. The first-order chi connectivity index (χ1) is 15.1. The van der Waals surface area contributed by atoms with Crippen LogP contribution in [0.3, 0.4) is 0 Å². The van der Waals surface area contributed by atoms with Crippen LogP contribution in [0.4, 0.5) is 0 Å². The maximum absolute atomic E-state index is 12.3. The standard InChI is InChI=1S/C25H18BrIN2O2/c26-21-11-12-24(31-16-19-8-3-6-17-5-1-2-10-23(17)19)20(13-21)15-28-29-25(30)18-7-4-9-22(27)14-18/h1-15H,16H2,(H,29,30)/b28-15-. The summed E-state index contributed by atoms with van der Waals surface area (Å²) in [7, 11) is 0. The lowest BCUT2D eigenvalue weighted by molar-refractivity contribution is 0.0955. The number of halogens is 2. The van der Waals surface area contributed by atoms with Crippen LogP contribution in [0.1, 0.15) is 21.5 Å². The van der Waals surface area contributed by atoms with Crippen LogP contribution in [-0.2, 0) is 6.61 Å². The average Bonchev–Trinajstić information content (AvgIpc) is 2.78. The van der Waals surface area contributed by atoms with Crippen LogP contribution in [0.5, 0.6) is 5.75 Å². The van der Waals surface area contributed by atoms with Crippen LogP contribution in [0.2, 0.25) is 0 Å². The number of nitrogens with zero attached hydrogens (tertiary/aromatic N) is 1. The van der Waals surface area contributed by atoms with Gasteiger partial charge in [-0.15, -0.1) is 0 Å². The van der Waals surface area contributed by atoms with Crippen LogP contribution in [0.15, 0.2) is 94.5 Å². The molecule has 1 amide bonds. The van der Waals surface area contributed by atoms with Crippen molar-refractivity contribution < 1.29 is 9.53 Å². The molecule has 4 aromatic carbocycles. The molecule has 0 saturated heterocycles. The Balaban J connectivity index is 1.49. The Morgan fingerprint density at radius 1 is 1.00 bits per heavy atom. The number of ether oxygens (including phenoxy) is 1. The third-order valence-electron chi connectivity index (χ3n) is 4.69. The highest BCUT2D eigenvalue weighted by atomic mass is 127. The van der Waals surface area contributed by atoms with Crippen molar-refractivity contribution in [3.63, 3.8) is 0 Å². The fourth-order valence-electron chi connectivity index (χ4n) is 3.18. The Kier molecular flexibility index (Phi) is 6.99. The molecule has 0 saturated carbocycles. The second kappa shape index (κ2) is 10.1. The number of fused-ring (bicyclic) bond motifs is 1. The minimum atomic E-state index is -0.261. The number of benzene rings is 4. The van der Waals surface area contributed by atoms with Crippen molar-refractivity contribution >= 4 is 61.4 Å². The zero-order valence-electron chi connectivity index (χ0n) is 16.4. The lowest BCUT2D eigenvalue weighted by Gasteiger charge is -2.11. The number of amides is 1. The van der Waals surface area contributed by atoms with E-state index in [1.165, 1.54) is 10.8 Å². The van der Waals surface area contributed by atoms with E-state index >= 15 is 0 Å². The van der Waals surface area contributed by atoms with E-state index in [4.69, 9.17) is 4.74 Å². The predicted octanol–water partition coefficient (Wildman–Crippen LogP) is 6.55. The number of carbonyl (C=O) groups excluding carboxylic acids is 1. The molecule has 0 bridgehead atoms. The molecule has 0 aliphatic carbocycles. The van der Waals surface area contributed by atoms with Crippen molar-refractivity contribution in [1.82, 2.24) is 5.43 Å². The Hall–Kier alpha value is -2.71. The summed E-state index contributed by atoms with van der Waals surface area (Å²) in [5.74, 6) is 0.423. The van der Waals surface area contributed by atoms with E-state index < -0.39 is 0 Å². The van der Waals surface area contributed by atoms with Gasteiger partial charge in [0.15, 0.2) is 0 Å². The van der Waals surface area contributed by atoms with Gasteiger partial charge in [-0.3, -0.25) is 4.79 Å². The summed E-state index contributed by atoms with van der Waals surface area (Å²) in [6.45, 7) is 0.429. The summed E-state index contributed by atoms with van der Waals surface area (Å²) >= 11 is 5.66. The molecule has 4 aromatic rings. The van der Waals surface area contributed by atoms with Gasteiger partial charge in [-0.1, -0.05) is 64.5 Å². The smallest absolute Gasteiger partial charge is 0.271 e. The van der Waals surface area contributed by atoms with Crippen LogP contribution < -0.4 is 10.2 Å². The van der Waals surface area contributed by atoms with E-state index in [-0.39, 0.29) is 5.91 Å². The van der Waals surface area contributed by atoms with Crippen molar-refractivity contribution in [1.29, 1.82) is 0 Å². The lowest BCUT2D eigenvalue weighted by Crippen LogP contribution is -2.17. The maximum Gasteiger partial charge on any atom is 0.271 e. The summed E-state index contributed by atoms with van der Waals surface area (Å²) in [6.07, 6.45) is 1.59. The van der Waals surface area contributed by atoms with Crippen LogP contribution >= 0.6 is 38.5 Å². The van der Waals surface area contributed by atoms with E-state index in [0.29, 0.717) is 17.9 Å². The fraction of sp³-hybridized carbons (Fsp3) is 0.0400. The highest BCUT2D eigenvalue weighted by Gasteiger charge is 2.07. The van der Waals surface area contributed by atoms with Crippen molar-refractivity contribution in [3.05, 3.63) is 110 Å². The Labute approximate surface area is 202 Å². The first-order valence-corrected chi connectivity index (χ1v) is 11.5. The number of nitrogens with one attached hydrogen (secondary N) is 1. The van der Waals surface area contributed by atoms with Gasteiger partial charge in [0, 0.05) is 19.2 Å². The van der Waals surface area contributed by atoms with E-state index in [1.807, 2.05) is 54.6 Å². The summed E-state index contributed by atoms with van der Waals surface area (Å²) in [5, 5.41) is 6.48. The molecular weight excluding hydrogens is 567 g/mol. The first kappa shape index (κ1) is 21.5. The third-order valence-corrected chi connectivity index (χ3v) is 5.86. The minimum absolute atomic E-state index is 0.261. The summed E-state index contributed by atoms with van der Waals surface area (Å²) in [5.41, 5.74) is 5.01. The van der Waals surface area contributed by atoms with Crippen molar-refractivity contribution in [2.75, 3.05) is 0 Å². The topological polar surface area (TPSA) is 50.7 Å². The second-order valence-electron chi connectivity index (χ2n) is 6.82. The number of hydrazone groups is 1. The fourth-order valence-corrected chi connectivity index (χ4v) is 4.10. The maximum atomic E-state index is 12.3. The Morgan fingerprint density at radius 2 is 1.81 bits per heavy atom. The van der Waals surface area contributed by atoms with E-state index in [1.54, 1.807) is 12.3 Å². The molecule has 0 heterocycles. The highest BCUT2D eigenvalue weighted by molar-refractivity contribution is 14.1. The molecule has 0 aliphatic heterocycles. The van der Waals surface area contributed by atoms with Gasteiger partial charge in [-0.2, -0.15) is 5.10 Å². The Bertz CT molecular complexity index is 1270. The molecular formula is C25H18BrIN2O2. The second-order valence-corrected chi connectivity index (χ2v) is 8.98. The van der Waals surface area contributed by atoms with Crippen molar-refractivity contribution in [2.24, 2.45) is 5.10 Å². The molecule has 6 heteroatoms. The quantitative estimate of drug-likeness (QED) is 0.159. The van der Waals surface area contributed by atoms with Gasteiger partial charge < -0.3 is 4.74 Å². The van der Waals surface area contributed by atoms with Gasteiger partial charge in [-0.25, -0.2) is 5.43 Å². The summed E-state index contributed by atoms with van der Waals surface area (Å²) < 4.78 is 8.01. The lowest BCUT2D eigenvalue weighted by atomic mass is 10.1. The van der Waals surface area contributed by atoms with Crippen molar-refractivity contribution in [2.45, 2.75) is 6.61 Å². The molecule has 0 aromatic heterocycles. The summed E-state index contributed by atoms with van der Waals surface area (Å²) in [4.78, 5) is 12.3. The van der Waals surface area contributed by atoms with Gasteiger partial charge in [0.25, 0.3) is 5.91 Å². The van der Waals surface area contributed by atoms with Gasteiger partial charge >= 0.3 is 0 Å². The van der Waals surface area contributed by atoms with Crippen molar-refractivity contribution in [3.8, 4) is 5.75 Å². The normalized spacial score (nSPS) is 11.0. The zero-order chi connectivity index (χ0) is 21.6. The third kappa shape index (κ3) is 5.51. The van der Waals surface area contributed by atoms with Crippen LogP contribution in [0, 0.1) is 3.57 Å². The van der Waals surface area contributed by atoms with E-state index in [9.17, 15) is 4.79 Å². The molecule has 0 unspecified atom stereocenters. The predicted molar refractivity (Wildman–Crippen MR) is 137 cm³/mol. The molecule has 4 nitrogen and oxygen atoms in total. The molecule has 31 heavy (non-hydrogen) atoms. The SMILES string of the molecule is O=C(N/N=C\c1cc(Br)ccc1OCc1cccc2ccccc12)c1cccc(I)c1. The van der Waals surface area contributed by atoms with Gasteiger partial charge in [0.2, 0.25) is 0 Å². The number of hydrogen-bond acceptors (Lipinski definition) is 3. The molecule has 0 fully saturated rings. The molecule has 1 N–H and O–H groups in total. The first-order valence-electron chi connectivity index (χ1n) is 9.58. The van der Waals surface area contributed by atoms with E-state index in [0.717, 1.165) is 19.2 Å². The summed E-state index contributed by atoms with van der Waals surface area (Å²) in [6, 6.07) is 27.5. The molecule has 0 radical (unpaired) electrons. The molecule has 0 aliphatic rings. The molecule has 0 atom stereocenters. The van der Waals surface area contributed by atoms with Crippen LogP contribution in [-0.4, -0.2) is 12.1 Å². The number of rotatable bonds is 6. The van der Waals surface area contributed by atoms with Gasteiger partial charge in [0.05, 0.1) is 6.21 Å². The van der Waals surface area contributed by atoms with E-state index in [2.05, 4.69) is 73.3 Å². The van der Waals surface area contributed by atoms with Gasteiger partial charge in [0.1, 0.15) is 12.4 Å². The largest absolute Gasteiger partial charge is 0.488 e. The van der Waals surface area contributed by atoms with Crippen LogP contribution in [0.25, 0.3) is 10.8 Å². The Morgan fingerprint density at radius 3 is 2.68 bits per heavy atom. The average molecular weight is 585 g/mol. The minimum Gasteiger partial charge on any atom is -0.488 e. The number of hydrogen-bond donors (Lipinski definition) is 1. The monoisotopic (exact) mass is 584 g/mol. The zero-order valence-corrected chi connectivity index (χ0v) is 20.1. The molecule has 0 spiro atoms. The van der Waals surface area contributed by atoms with Gasteiger partial charge in [-0.05, 0) is 75.3 Å². The molecule has 4 rings (SSSR count). The highest BCUT2D eigenvalue weighted by Crippen LogP contribution is 2.25.